The molecule has 2 nitrogen and oxygen atoms in total. The fraction of sp³-hybridized carbons (Fsp3) is 0.300. The van der Waals surface area contributed by atoms with Crippen LogP contribution in [-0.2, 0) is 6.42 Å². The molecule has 1 aromatic rings. The summed E-state index contributed by atoms with van der Waals surface area (Å²) in [4.78, 5) is 4.36. The minimum absolute atomic E-state index is 0.622. The van der Waals surface area contributed by atoms with Crippen molar-refractivity contribution in [1.29, 1.82) is 0 Å². The normalized spacial score (nSPS) is 13.9. The van der Waals surface area contributed by atoms with Gasteiger partial charge in [0.05, 0.1) is 12.8 Å². The molecule has 0 spiro atoms. The van der Waals surface area contributed by atoms with Gasteiger partial charge in [-0.3, -0.25) is 4.99 Å². The molecular weight excluding hydrogens is 186 g/mol. The molecule has 0 amide bonds. The van der Waals surface area contributed by atoms with Crippen molar-refractivity contribution in [3.8, 4) is 5.75 Å². The number of hydrogen-bond donors (Lipinski definition) is 0. The number of fused-ring (bicyclic) bond motifs is 1. The average Bonchev–Trinajstić information content (AvgIpc) is 2.47. The fourth-order valence-corrected chi connectivity index (χ4v) is 1.82. The number of aliphatic imine (C=N–C) groups is 1. The smallest absolute Gasteiger partial charge is 0.139 e. The Kier molecular flexibility index (Phi) is 2.00. The lowest BCUT2D eigenvalue weighted by Crippen LogP contribution is -1.89. The minimum atomic E-state index is 0.622. The Morgan fingerprint density at radius 1 is 1.46 bits per heavy atom. The molecule has 13 heavy (non-hydrogen) atoms. The van der Waals surface area contributed by atoms with Crippen LogP contribution in [0.3, 0.4) is 0 Å². The first kappa shape index (κ1) is 8.57. The van der Waals surface area contributed by atoms with E-state index in [1.807, 2.05) is 19.1 Å². The summed E-state index contributed by atoms with van der Waals surface area (Å²) in [6.07, 6.45) is 0.902. The van der Waals surface area contributed by atoms with E-state index in [2.05, 4.69) is 4.99 Å². The molecule has 0 bridgehead atoms. The van der Waals surface area contributed by atoms with Gasteiger partial charge in [-0.05, 0) is 18.6 Å². The average molecular weight is 196 g/mol. The molecule has 0 N–H and O–H groups in total. The third kappa shape index (κ3) is 1.31. The molecule has 1 aliphatic rings. The summed E-state index contributed by atoms with van der Waals surface area (Å²) in [5.74, 6) is 0.693. The Hall–Kier alpha value is -1.02. The molecule has 0 saturated carbocycles. The van der Waals surface area contributed by atoms with E-state index < -0.39 is 0 Å². The molecule has 0 fully saturated rings. The summed E-state index contributed by atoms with van der Waals surface area (Å²) in [7, 11) is 1.61. The van der Waals surface area contributed by atoms with Crippen molar-refractivity contribution >= 4 is 23.0 Å². The van der Waals surface area contributed by atoms with E-state index >= 15 is 0 Å². The van der Waals surface area contributed by atoms with E-state index in [1.54, 1.807) is 7.11 Å². The molecule has 2 rings (SSSR count). The van der Waals surface area contributed by atoms with Crippen molar-refractivity contribution in [1.82, 2.24) is 0 Å². The summed E-state index contributed by atoms with van der Waals surface area (Å²) >= 11 is 6.09. The number of rotatable bonds is 1. The van der Waals surface area contributed by atoms with Gasteiger partial charge < -0.3 is 4.74 Å². The van der Waals surface area contributed by atoms with Gasteiger partial charge in [0, 0.05) is 12.1 Å². The lowest BCUT2D eigenvalue weighted by molar-refractivity contribution is 0.415. The minimum Gasteiger partial charge on any atom is -0.495 e. The second-order valence-corrected chi connectivity index (χ2v) is 3.49. The van der Waals surface area contributed by atoms with Gasteiger partial charge in [0.1, 0.15) is 10.8 Å². The van der Waals surface area contributed by atoms with Crippen LogP contribution in [0.2, 0.25) is 5.02 Å². The quantitative estimate of drug-likeness (QED) is 0.675. The van der Waals surface area contributed by atoms with Crippen molar-refractivity contribution in [2.24, 2.45) is 4.99 Å². The summed E-state index contributed by atoms with van der Waals surface area (Å²) in [5.41, 5.74) is 3.16. The van der Waals surface area contributed by atoms with Crippen LogP contribution in [0.5, 0.6) is 5.75 Å². The molecule has 1 heterocycles. The van der Waals surface area contributed by atoms with Crippen LogP contribution in [0.1, 0.15) is 12.5 Å². The second-order valence-electron chi connectivity index (χ2n) is 3.11. The van der Waals surface area contributed by atoms with Gasteiger partial charge in [0.25, 0.3) is 0 Å². The van der Waals surface area contributed by atoms with Crippen molar-refractivity contribution in [3.63, 3.8) is 0 Å². The maximum atomic E-state index is 6.09. The van der Waals surface area contributed by atoms with Crippen LogP contribution in [0.25, 0.3) is 0 Å². The Balaban J connectivity index is 2.58. The number of hydrogen-bond acceptors (Lipinski definition) is 2. The molecular formula is C10H10ClNO. The van der Waals surface area contributed by atoms with E-state index in [9.17, 15) is 0 Å². The molecule has 0 unspecified atom stereocenters. The van der Waals surface area contributed by atoms with Gasteiger partial charge in [-0.2, -0.15) is 0 Å². The third-order valence-corrected chi connectivity index (χ3v) is 2.50. The van der Waals surface area contributed by atoms with Gasteiger partial charge in [-0.15, -0.1) is 0 Å². The zero-order chi connectivity index (χ0) is 9.42. The summed E-state index contributed by atoms with van der Waals surface area (Å²) < 4.78 is 5.10. The van der Waals surface area contributed by atoms with E-state index in [4.69, 9.17) is 16.3 Å². The van der Waals surface area contributed by atoms with Gasteiger partial charge in [0.2, 0.25) is 0 Å². The largest absolute Gasteiger partial charge is 0.495 e. The van der Waals surface area contributed by atoms with E-state index in [1.165, 1.54) is 5.56 Å². The van der Waals surface area contributed by atoms with Gasteiger partial charge in [-0.1, -0.05) is 17.7 Å². The highest BCUT2D eigenvalue weighted by Gasteiger charge is 2.17. The van der Waals surface area contributed by atoms with Crippen molar-refractivity contribution in [2.45, 2.75) is 13.3 Å². The van der Waals surface area contributed by atoms with Crippen molar-refractivity contribution in [3.05, 3.63) is 22.7 Å². The zero-order valence-corrected chi connectivity index (χ0v) is 8.35. The zero-order valence-electron chi connectivity index (χ0n) is 7.60. The Bertz CT molecular complexity index is 385. The number of methoxy groups -OCH3 is 1. The van der Waals surface area contributed by atoms with Crippen LogP contribution in [0, 0.1) is 0 Å². The SMILES string of the molecule is COc1ccc2c(c1Cl)N=C(C)C2. The molecule has 0 aromatic heterocycles. The maximum absolute atomic E-state index is 6.09. The van der Waals surface area contributed by atoms with Crippen LogP contribution < -0.4 is 4.74 Å². The monoisotopic (exact) mass is 195 g/mol. The first-order valence-corrected chi connectivity index (χ1v) is 4.49. The number of nitrogens with zero attached hydrogens (tertiary/aromatic N) is 1. The van der Waals surface area contributed by atoms with Crippen LogP contribution in [0.15, 0.2) is 17.1 Å². The number of halogens is 1. The Morgan fingerprint density at radius 2 is 2.23 bits per heavy atom. The van der Waals surface area contributed by atoms with Gasteiger partial charge in [-0.25, -0.2) is 0 Å². The predicted octanol–water partition coefficient (Wildman–Crippen LogP) is 3.00. The molecule has 1 aromatic carbocycles. The highest BCUT2D eigenvalue weighted by molar-refractivity contribution is 6.35. The van der Waals surface area contributed by atoms with Crippen LogP contribution >= 0.6 is 11.6 Å². The molecule has 3 heteroatoms. The molecule has 0 radical (unpaired) electrons. The second kappa shape index (κ2) is 3.04. The van der Waals surface area contributed by atoms with Gasteiger partial charge >= 0.3 is 0 Å². The lowest BCUT2D eigenvalue weighted by atomic mass is 10.1. The Labute approximate surface area is 82.2 Å². The first-order chi connectivity index (χ1) is 6.22. The summed E-state index contributed by atoms with van der Waals surface area (Å²) in [6.45, 7) is 2.00. The summed E-state index contributed by atoms with van der Waals surface area (Å²) in [5, 5.41) is 0.622. The highest BCUT2D eigenvalue weighted by atomic mass is 35.5. The standard InChI is InChI=1S/C10H10ClNO/c1-6-5-7-3-4-8(13-2)9(11)10(7)12-6/h3-4H,5H2,1-2H3. The highest BCUT2D eigenvalue weighted by Crippen LogP contribution is 2.40. The fourth-order valence-electron chi connectivity index (χ4n) is 1.51. The molecule has 0 atom stereocenters. The van der Waals surface area contributed by atoms with E-state index in [0.29, 0.717) is 10.8 Å². The number of benzene rings is 1. The maximum Gasteiger partial charge on any atom is 0.139 e. The summed E-state index contributed by atoms with van der Waals surface area (Å²) in [6, 6.07) is 3.90. The van der Waals surface area contributed by atoms with Crippen LogP contribution in [-0.4, -0.2) is 12.8 Å². The number of ether oxygens (including phenoxy) is 1. The molecule has 1 aliphatic heterocycles. The van der Waals surface area contributed by atoms with E-state index in [-0.39, 0.29) is 0 Å². The molecule has 0 saturated heterocycles. The molecule has 68 valence electrons. The van der Waals surface area contributed by atoms with E-state index in [0.717, 1.165) is 17.8 Å². The van der Waals surface area contributed by atoms with Crippen molar-refractivity contribution < 1.29 is 4.74 Å². The molecule has 0 aliphatic carbocycles. The van der Waals surface area contributed by atoms with Crippen LogP contribution in [0.4, 0.5) is 5.69 Å². The Morgan fingerprint density at radius 3 is 2.92 bits per heavy atom. The predicted molar refractivity (Wildman–Crippen MR) is 54.5 cm³/mol. The first-order valence-electron chi connectivity index (χ1n) is 4.12. The van der Waals surface area contributed by atoms with Gasteiger partial charge in [0.15, 0.2) is 0 Å². The van der Waals surface area contributed by atoms with Crippen molar-refractivity contribution in [2.75, 3.05) is 7.11 Å². The lowest BCUT2D eigenvalue weighted by Gasteiger charge is -2.05. The third-order valence-electron chi connectivity index (χ3n) is 2.13. The topological polar surface area (TPSA) is 21.6 Å².